The Morgan fingerprint density at radius 3 is 2.61 bits per heavy atom. The first-order valence-electron chi connectivity index (χ1n) is 8.30. The van der Waals surface area contributed by atoms with Crippen molar-refractivity contribution in [3.8, 4) is 0 Å². The van der Waals surface area contributed by atoms with E-state index in [0.717, 1.165) is 29.7 Å². The Morgan fingerprint density at radius 2 is 1.83 bits per heavy atom. The summed E-state index contributed by atoms with van der Waals surface area (Å²) in [6.45, 7) is 0.553. The van der Waals surface area contributed by atoms with Crippen LogP contribution >= 0.6 is 0 Å². The Balaban J connectivity index is 1.66. The summed E-state index contributed by atoms with van der Waals surface area (Å²) >= 11 is 0. The second-order valence-electron chi connectivity index (χ2n) is 6.44. The summed E-state index contributed by atoms with van der Waals surface area (Å²) in [6.07, 6.45) is 4.74. The minimum Gasteiger partial charge on any atom is -0.378 e. The van der Waals surface area contributed by atoms with Crippen LogP contribution in [0.15, 0.2) is 42.5 Å². The summed E-state index contributed by atoms with van der Waals surface area (Å²) in [5, 5.41) is 3.03. The van der Waals surface area contributed by atoms with Gasteiger partial charge in [-0.3, -0.25) is 4.79 Å². The van der Waals surface area contributed by atoms with E-state index in [1.807, 2.05) is 32.3 Å². The van der Waals surface area contributed by atoms with Crippen LogP contribution in [-0.4, -0.2) is 20.0 Å². The molecule has 0 radical (unpaired) electrons. The molecule has 0 aromatic heterocycles. The van der Waals surface area contributed by atoms with Crippen LogP contribution in [0.2, 0.25) is 0 Å². The lowest BCUT2D eigenvalue weighted by atomic mass is 9.90. The maximum atomic E-state index is 12.4. The molecule has 0 saturated heterocycles. The Kier molecular flexibility index (Phi) is 4.65. The zero-order valence-corrected chi connectivity index (χ0v) is 13.9. The maximum Gasteiger partial charge on any atom is 0.251 e. The minimum absolute atomic E-state index is 0.00799. The molecule has 0 bridgehead atoms. The van der Waals surface area contributed by atoms with E-state index in [2.05, 4.69) is 34.5 Å². The molecule has 120 valence electrons. The molecule has 1 aliphatic rings. The predicted molar refractivity (Wildman–Crippen MR) is 95.0 cm³/mol. The van der Waals surface area contributed by atoms with E-state index in [1.165, 1.54) is 24.0 Å². The first kappa shape index (κ1) is 15.6. The fourth-order valence-electron chi connectivity index (χ4n) is 3.10. The molecule has 0 atom stereocenters. The summed E-state index contributed by atoms with van der Waals surface area (Å²) in [6, 6.07) is 14.4. The molecule has 0 heterocycles. The molecule has 3 nitrogen and oxygen atoms in total. The SMILES string of the molecule is CN(C)c1cccc(CNC(=O)c2ccc3c(c2)CCCC3)c1. The minimum atomic E-state index is 0.00799. The van der Waals surface area contributed by atoms with E-state index in [1.54, 1.807) is 0 Å². The van der Waals surface area contributed by atoms with Crippen LogP contribution in [-0.2, 0) is 19.4 Å². The van der Waals surface area contributed by atoms with Crippen LogP contribution < -0.4 is 10.2 Å². The van der Waals surface area contributed by atoms with Crippen molar-refractivity contribution in [1.29, 1.82) is 0 Å². The Labute approximate surface area is 138 Å². The highest BCUT2D eigenvalue weighted by molar-refractivity contribution is 5.94. The lowest BCUT2D eigenvalue weighted by Gasteiger charge is -2.16. The average Bonchev–Trinajstić information content (AvgIpc) is 2.59. The van der Waals surface area contributed by atoms with Crippen molar-refractivity contribution >= 4 is 11.6 Å². The predicted octanol–water partition coefficient (Wildman–Crippen LogP) is 3.56. The number of rotatable bonds is 4. The number of amides is 1. The lowest BCUT2D eigenvalue weighted by molar-refractivity contribution is 0.0951. The molecule has 2 aromatic rings. The zero-order valence-electron chi connectivity index (χ0n) is 13.9. The third kappa shape index (κ3) is 3.73. The van der Waals surface area contributed by atoms with E-state index in [4.69, 9.17) is 0 Å². The van der Waals surface area contributed by atoms with E-state index in [0.29, 0.717) is 6.54 Å². The van der Waals surface area contributed by atoms with Gasteiger partial charge >= 0.3 is 0 Å². The second kappa shape index (κ2) is 6.86. The number of benzene rings is 2. The standard InChI is InChI=1S/C20H24N2O/c1-22(2)19-9-5-6-15(12-19)14-21-20(23)18-11-10-16-7-3-4-8-17(16)13-18/h5-6,9-13H,3-4,7-8,14H2,1-2H3,(H,21,23). The van der Waals surface area contributed by atoms with Crippen LogP contribution in [0.3, 0.4) is 0 Å². The summed E-state index contributed by atoms with van der Waals surface area (Å²) in [5.41, 5.74) is 5.78. The van der Waals surface area contributed by atoms with Gasteiger partial charge in [-0.25, -0.2) is 0 Å². The van der Waals surface area contributed by atoms with Crippen LogP contribution in [0.5, 0.6) is 0 Å². The quantitative estimate of drug-likeness (QED) is 0.936. The summed E-state index contributed by atoms with van der Waals surface area (Å²) in [5.74, 6) is 0.00799. The van der Waals surface area contributed by atoms with Crippen molar-refractivity contribution in [1.82, 2.24) is 5.32 Å². The van der Waals surface area contributed by atoms with E-state index < -0.39 is 0 Å². The van der Waals surface area contributed by atoms with Gasteiger partial charge in [-0.1, -0.05) is 18.2 Å². The fourth-order valence-corrected chi connectivity index (χ4v) is 3.10. The summed E-state index contributed by atoms with van der Waals surface area (Å²) in [4.78, 5) is 14.5. The van der Waals surface area contributed by atoms with Crippen molar-refractivity contribution < 1.29 is 4.79 Å². The Bertz CT molecular complexity index is 707. The van der Waals surface area contributed by atoms with Crippen molar-refractivity contribution in [3.63, 3.8) is 0 Å². The normalized spacial score (nSPS) is 13.3. The number of anilines is 1. The number of nitrogens with zero attached hydrogens (tertiary/aromatic N) is 1. The van der Waals surface area contributed by atoms with Gasteiger partial charge in [0.25, 0.3) is 5.91 Å². The highest BCUT2D eigenvalue weighted by Gasteiger charge is 2.12. The van der Waals surface area contributed by atoms with Crippen LogP contribution in [0.25, 0.3) is 0 Å². The fraction of sp³-hybridized carbons (Fsp3) is 0.350. The average molecular weight is 308 g/mol. The van der Waals surface area contributed by atoms with Gasteiger partial charge in [-0.15, -0.1) is 0 Å². The first-order chi connectivity index (χ1) is 11.1. The molecule has 0 aliphatic heterocycles. The van der Waals surface area contributed by atoms with Crippen LogP contribution in [0.1, 0.15) is 39.9 Å². The molecule has 0 spiro atoms. The number of nitrogens with one attached hydrogen (secondary N) is 1. The molecule has 1 amide bonds. The van der Waals surface area contributed by atoms with E-state index in [9.17, 15) is 4.79 Å². The number of carbonyl (C=O) groups excluding carboxylic acids is 1. The van der Waals surface area contributed by atoms with Gasteiger partial charge in [0.15, 0.2) is 0 Å². The second-order valence-corrected chi connectivity index (χ2v) is 6.44. The van der Waals surface area contributed by atoms with Gasteiger partial charge < -0.3 is 10.2 Å². The van der Waals surface area contributed by atoms with E-state index >= 15 is 0 Å². The Morgan fingerprint density at radius 1 is 1.04 bits per heavy atom. The molecule has 3 rings (SSSR count). The number of fused-ring (bicyclic) bond motifs is 1. The van der Waals surface area contributed by atoms with Crippen LogP contribution in [0.4, 0.5) is 5.69 Å². The monoisotopic (exact) mass is 308 g/mol. The highest BCUT2D eigenvalue weighted by Crippen LogP contribution is 2.22. The van der Waals surface area contributed by atoms with Gasteiger partial charge in [0.05, 0.1) is 0 Å². The highest BCUT2D eigenvalue weighted by atomic mass is 16.1. The number of carbonyl (C=O) groups is 1. The molecule has 0 fully saturated rings. The lowest BCUT2D eigenvalue weighted by Crippen LogP contribution is -2.23. The van der Waals surface area contributed by atoms with Crippen molar-refractivity contribution in [2.75, 3.05) is 19.0 Å². The Hall–Kier alpha value is -2.29. The molecule has 1 aliphatic carbocycles. The van der Waals surface area contributed by atoms with Crippen molar-refractivity contribution in [2.45, 2.75) is 32.2 Å². The number of hydrogen-bond donors (Lipinski definition) is 1. The van der Waals surface area contributed by atoms with Gasteiger partial charge in [-0.05, 0) is 66.6 Å². The summed E-state index contributed by atoms with van der Waals surface area (Å²) in [7, 11) is 4.04. The molecular formula is C20H24N2O. The molecule has 0 saturated carbocycles. The molecule has 23 heavy (non-hydrogen) atoms. The van der Waals surface area contributed by atoms with Crippen molar-refractivity contribution in [2.24, 2.45) is 0 Å². The zero-order chi connectivity index (χ0) is 16.2. The first-order valence-corrected chi connectivity index (χ1v) is 8.30. The number of hydrogen-bond acceptors (Lipinski definition) is 2. The summed E-state index contributed by atoms with van der Waals surface area (Å²) < 4.78 is 0. The van der Waals surface area contributed by atoms with Crippen LogP contribution in [0, 0.1) is 0 Å². The topological polar surface area (TPSA) is 32.3 Å². The van der Waals surface area contributed by atoms with Gasteiger partial charge in [0.1, 0.15) is 0 Å². The maximum absolute atomic E-state index is 12.4. The molecule has 1 N–H and O–H groups in total. The van der Waals surface area contributed by atoms with Gasteiger partial charge in [0, 0.05) is 31.9 Å². The van der Waals surface area contributed by atoms with Gasteiger partial charge in [-0.2, -0.15) is 0 Å². The third-order valence-electron chi connectivity index (χ3n) is 4.49. The number of aryl methyl sites for hydroxylation is 2. The van der Waals surface area contributed by atoms with E-state index in [-0.39, 0.29) is 5.91 Å². The molecule has 3 heteroatoms. The van der Waals surface area contributed by atoms with Crippen molar-refractivity contribution in [3.05, 3.63) is 64.7 Å². The largest absolute Gasteiger partial charge is 0.378 e. The molecule has 2 aromatic carbocycles. The molecule has 0 unspecified atom stereocenters. The molecular weight excluding hydrogens is 284 g/mol. The smallest absolute Gasteiger partial charge is 0.251 e. The third-order valence-corrected chi connectivity index (χ3v) is 4.49. The van der Waals surface area contributed by atoms with Gasteiger partial charge in [0.2, 0.25) is 0 Å².